The minimum Gasteiger partial charge on any atom is -0.461 e. The minimum absolute atomic E-state index is 0.0995. The molecule has 0 aliphatic carbocycles. The predicted octanol–water partition coefficient (Wildman–Crippen LogP) is 0.0900. The first kappa shape index (κ1) is 11.5. The third-order valence-corrected chi connectivity index (χ3v) is 2.96. The fourth-order valence-corrected chi connectivity index (χ4v) is 1.88. The highest BCUT2D eigenvalue weighted by Gasteiger charge is 2.14. The number of aromatic nitrogens is 3. The van der Waals surface area contributed by atoms with Crippen molar-refractivity contribution in [3.63, 3.8) is 0 Å². The zero-order chi connectivity index (χ0) is 12.3. The Balaban J connectivity index is 2.13. The van der Waals surface area contributed by atoms with Crippen LogP contribution in [0, 0.1) is 0 Å². The van der Waals surface area contributed by atoms with Crippen LogP contribution < -0.4 is 11.2 Å². The molecule has 0 aromatic carbocycles. The lowest BCUT2D eigenvalue weighted by Crippen LogP contribution is -2.20. The highest BCUT2D eigenvalue weighted by molar-refractivity contribution is 7.99. The number of furan rings is 1. The van der Waals surface area contributed by atoms with Gasteiger partial charge in [0.05, 0.1) is 12.0 Å². The first-order valence-corrected chi connectivity index (χ1v) is 5.78. The van der Waals surface area contributed by atoms with Crippen molar-refractivity contribution in [1.82, 2.24) is 20.2 Å². The largest absolute Gasteiger partial charge is 0.461 e. The average molecular weight is 253 g/mol. The van der Waals surface area contributed by atoms with Gasteiger partial charge in [0.2, 0.25) is 16.9 Å². The molecule has 7 nitrogen and oxygen atoms in total. The van der Waals surface area contributed by atoms with Gasteiger partial charge in [-0.1, -0.05) is 11.8 Å². The van der Waals surface area contributed by atoms with Gasteiger partial charge in [0.25, 0.3) is 0 Å². The molecule has 0 saturated heterocycles. The number of nitrogens with one attached hydrogen (secondary N) is 1. The van der Waals surface area contributed by atoms with Crippen molar-refractivity contribution in [3.05, 3.63) is 18.4 Å². The molecule has 0 fully saturated rings. The second-order valence-corrected chi connectivity index (χ2v) is 4.06. The molecular formula is C9H11N5O2S. The van der Waals surface area contributed by atoms with Crippen molar-refractivity contribution in [2.45, 2.75) is 5.16 Å². The summed E-state index contributed by atoms with van der Waals surface area (Å²) >= 11 is 1.21. The summed E-state index contributed by atoms with van der Waals surface area (Å²) in [6.45, 7) is 0. The Bertz CT molecular complexity index is 507. The molecule has 0 saturated carbocycles. The van der Waals surface area contributed by atoms with Gasteiger partial charge in [0.15, 0.2) is 5.76 Å². The lowest BCUT2D eigenvalue weighted by molar-refractivity contribution is -0.118. The maximum absolute atomic E-state index is 11.1. The molecule has 8 heteroatoms. The summed E-state index contributed by atoms with van der Waals surface area (Å²) < 4.78 is 6.47. The molecule has 2 aromatic rings. The third-order valence-electron chi connectivity index (χ3n) is 2.02. The summed E-state index contributed by atoms with van der Waals surface area (Å²) in [4.78, 5) is 11.1. The molecule has 0 radical (unpaired) electrons. The summed E-state index contributed by atoms with van der Waals surface area (Å²) in [5.74, 6) is 6.90. The van der Waals surface area contributed by atoms with Crippen LogP contribution in [-0.4, -0.2) is 33.6 Å². The lowest BCUT2D eigenvalue weighted by Gasteiger charge is -2.01. The number of carbonyl (C=O) groups is 1. The van der Waals surface area contributed by atoms with Crippen molar-refractivity contribution < 1.29 is 9.21 Å². The van der Waals surface area contributed by atoms with Crippen molar-refractivity contribution in [2.75, 3.05) is 18.6 Å². The molecule has 2 rings (SSSR count). The van der Waals surface area contributed by atoms with Crippen LogP contribution in [0.1, 0.15) is 0 Å². The monoisotopic (exact) mass is 253 g/mol. The number of nitrogens with two attached hydrogens (primary N) is 1. The summed E-state index contributed by atoms with van der Waals surface area (Å²) in [6, 6.07) is 3.47. The highest BCUT2D eigenvalue weighted by atomic mass is 32.2. The smallest absolute Gasteiger partial charge is 0.230 e. The molecule has 2 aromatic heterocycles. The summed E-state index contributed by atoms with van der Waals surface area (Å²) in [6.07, 6.45) is 1.53. The van der Waals surface area contributed by atoms with E-state index in [1.165, 1.54) is 22.7 Å². The second-order valence-electron chi connectivity index (χ2n) is 3.12. The van der Waals surface area contributed by atoms with Gasteiger partial charge in [0, 0.05) is 7.05 Å². The van der Waals surface area contributed by atoms with Crippen molar-refractivity contribution in [2.24, 2.45) is 0 Å². The Morgan fingerprint density at radius 2 is 2.47 bits per heavy atom. The van der Waals surface area contributed by atoms with Gasteiger partial charge < -0.3 is 15.6 Å². The zero-order valence-electron chi connectivity index (χ0n) is 9.08. The average Bonchev–Trinajstić information content (AvgIpc) is 2.95. The zero-order valence-corrected chi connectivity index (χ0v) is 9.90. The molecule has 0 unspecified atom stereocenters. The molecule has 90 valence electrons. The van der Waals surface area contributed by atoms with Crippen LogP contribution >= 0.6 is 11.8 Å². The van der Waals surface area contributed by atoms with Gasteiger partial charge in [-0.15, -0.1) is 10.2 Å². The van der Waals surface area contributed by atoms with Gasteiger partial charge in [-0.05, 0) is 12.1 Å². The van der Waals surface area contributed by atoms with E-state index in [1.807, 2.05) is 0 Å². The van der Waals surface area contributed by atoms with Crippen LogP contribution in [0.4, 0.5) is 0 Å². The quantitative estimate of drug-likeness (QED) is 0.592. The van der Waals surface area contributed by atoms with Crippen LogP contribution in [-0.2, 0) is 4.79 Å². The van der Waals surface area contributed by atoms with E-state index >= 15 is 0 Å². The van der Waals surface area contributed by atoms with E-state index in [-0.39, 0.29) is 11.7 Å². The number of nitrogen functional groups attached to an aromatic ring is 1. The van der Waals surface area contributed by atoms with E-state index in [9.17, 15) is 4.79 Å². The summed E-state index contributed by atoms with van der Waals surface area (Å²) in [5.41, 5.74) is 0. The van der Waals surface area contributed by atoms with Crippen molar-refractivity contribution in [1.29, 1.82) is 0 Å². The maximum Gasteiger partial charge on any atom is 0.230 e. The first-order valence-electron chi connectivity index (χ1n) is 4.80. The number of thioether (sulfide) groups is 1. The van der Waals surface area contributed by atoms with Gasteiger partial charge in [-0.25, -0.2) is 4.68 Å². The van der Waals surface area contributed by atoms with E-state index in [0.717, 1.165) is 0 Å². The normalized spacial score (nSPS) is 10.4. The van der Waals surface area contributed by atoms with Crippen LogP contribution in [0.3, 0.4) is 0 Å². The molecule has 0 spiro atoms. The predicted molar refractivity (Wildman–Crippen MR) is 62.7 cm³/mol. The summed E-state index contributed by atoms with van der Waals surface area (Å²) in [7, 11) is 1.57. The van der Waals surface area contributed by atoms with E-state index < -0.39 is 0 Å². The number of amides is 1. The van der Waals surface area contributed by atoms with Crippen LogP contribution in [0.2, 0.25) is 0 Å². The Hall–Kier alpha value is -1.96. The molecule has 1 amide bonds. The molecule has 2 heterocycles. The molecule has 3 N–H and O–H groups in total. The van der Waals surface area contributed by atoms with Gasteiger partial charge in [-0.3, -0.25) is 4.79 Å². The highest BCUT2D eigenvalue weighted by Crippen LogP contribution is 2.21. The van der Waals surface area contributed by atoms with E-state index in [1.54, 1.807) is 19.2 Å². The van der Waals surface area contributed by atoms with Gasteiger partial charge >= 0.3 is 0 Å². The van der Waals surface area contributed by atoms with Crippen molar-refractivity contribution >= 4 is 17.7 Å². The number of rotatable bonds is 4. The molecule has 0 bridgehead atoms. The molecule has 0 aliphatic heterocycles. The third kappa shape index (κ3) is 2.41. The van der Waals surface area contributed by atoms with E-state index in [4.69, 9.17) is 10.3 Å². The number of nitrogens with zero attached hydrogens (tertiary/aromatic N) is 3. The standard InChI is InChI=1S/C9H11N5O2S/c1-11-7(15)5-17-9-13-12-8(14(9)10)6-3-2-4-16-6/h2-4H,5,10H2,1H3,(H,11,15). The van der Waals surface area contributed by atoms with Gasteiger partial charge in [-0.2, -0.15) is 0 Å². The SMILES string of the molecule is CNC(=O)CSc1nnc(-c2ccco2)n1N. The number of hydrogen-bond acceptors (Lipinski definition) is 6. The minimum atomic E-state index is -0.0995. The fraction of sp³-hybridized carbons (Fsp3) is 0.222. The second kappa shape index (κ2) is 4.91. The fourth-order valence-electron chi connectivity index (χ4n) is 1.15. The Labute approximate surface area is 101 Å². The Morgan fingerprint density at radius 1 is 1.65 bits per heavy atom. The molecule has 17 heavy (non-hydrogen) atoms. The number of carbonyl (C=O) groups excluding carboxylic acids is 1. The first-order chi connectivity index (χ1) is 8.22. The summed E-state index contributed by atoms with van der Waals surface area (Å²) in [5, 5.41) is 10.8. The van der Waals surface area contributed by atoms with E-state index in [0.29, 0.717) is 16.7 Å². The van der Waals surface area contributed by atoms with Crippen LogP contribution in [0.5, 0.6) is 0 Å². The Kier molecular flexibility index (Phi) is 3.33. The maximum atomic E-state index is 11.1. The van der Waals surface area contributed by atoms with Gasteiger partial charge in [0.1, 0.15) is 0 Å². The van der Waals surface area contributed by atoms with E-state index in [2.05, 4.69) is 15.5 Å². The molecular weight excluding hydrogens is 242 g/mol. The van der Waals surface area contributed by atoms with Crippen LogP contribution in [0.25, 0.3) is 11.6 Å². The number of hydrogen-bond donors (Lipinski definition) is 2. The molecule has 0 atom stereocenters. The van der Waals surface area contributed by atoms with Crippen molar-refractivity contribution in [3.8, 4) is 11.6 Å². The molecule has 0 aliphatic rings. The lowest BCUT2D eigenvalue weighted by atomic mass is 10.4. The van der Waals surface area contributed by atoms with Crippen LogP contribution in [0.15, 0.2) is 28.0 Å². The Morgan fingerprint density at radius 3 is 3.12 bits per heavy atom. The topological polar surface area (TPSA) is 99.0 Å².